The van der Waals surface area contributed by atoms with Crippen LogP contribution in [0.5, 0.6) is 11.5 Å². The molecule has 10 heteroatoms. The number of halogens is 1. The number of aromatic nitrogens is 2. The number of non-ortho nitro benzene ring substituents is 1. The first-order valence-electron chi connectivity index (χ1n) is 10.2. The molecule has 0 spiro atoms. The van der Waals surface area contributed by atoms with E-state index in [0.29, 0.717) is 16.8 Å². The highest BCUT2D eigenvalue weighted by Gasteiger charge is 2.12. The zero-order chi connectivity index (χ0) is 24.1. The first-order valence-corrected chi connectivity index (χ1v) is 10.6. The van der Waals surface area contributed by atoms with Crippen molar-refractivity contribution in [2.45, 2.75) is 19.4 Å². The molecule has 4 aromatic rings. The Balaban J connectivity index is 1.29. The Morgan fingerprint density at radius 1 is 1.09 bits per heavy atom. The van der Waals surface area contributed by atoms with Gasteiger partial charge in [-0.05, 0) is 35.9 Å². The second kappa shape index (κ2) is 10.1. The molecule has 0 fully saturated rings. The maximum Gasteiger partial charge on any atom is 0.306 e. The van der Waals surface area contributed by atoms with Crippen LogP contribution in [0.4, 0.5) is 5.69 Å². The summed E-state index contributed by atoms with van der Waals surface area (Å²) in [6, 6.07) is 17.9. The van der Waals surface area contributed by atoms with Crippen LogP contribution in [0.15, 0.2) is 71.5 Å². The number of nitro benzene ring substituents is 1. The van der Waals surface area contributed by atoms with E-state index in [1.165, 1.54) is 18.2 Å². The molecule has 4 rings (SSSR count). The van der Waals surface area contributed by atoms with Gasteiger partial charge in [-0.2, -0.15) is 0 Å². The number of ether oxygens (including phenoxy) is 2. The van der Waals surface area contributed by atoms with Crippen molar-refractivity contribution >= 4 is 34.3 Å². The molecule has 1 aromatic heterocycles. The Bertz CT molecular complexity index is 1420. The van der Waals surface area contributed by atoms with Gasteiger partial charge in [0.2, 0.25) is 0 Å². The van der Waals surface area contributed by atoms with Crippen molar-refractivity contribution in [1.82, 2.24) is 9.97 Å². The highest BCUT2D eigenvalue weighted by Crippen LogP contribution is 2.32. The number of nitrogens with one attached hydrogen (secondary N) is 1. The van der Waals surface area contributed by atoms with Gasteiger partial charge < -0.3 is 14.5 Å². The fraction of sp³-hybridized carbons (Fsp3) is 0.125. The number of para-hydroxylation sites is 2. The third kappa shape index (κ3) is 5.57. The molecule has 9 nitrogen and oxygen atoms in total. The fourth-order valence-corrected chi connectivity index (χ4v) is 3.37. The summed E-state index contributed by atoms with van der Waals surface area (Å²) in [5.74, 6) is 0.295. The van der Waals surface area contributed by atoms with Gasteiger partial charge in [-0.3, -0.25) is 19.7 Å². The summed E-state index contributed by atoms with van der Waals surface area (Å²) in [4.78, 5) is 41.6. The molecule has 0 aliphatic heterocycles. The molecule has 34 heavy (non-hydrogen) atoms. The number of carbonyl (C=O) groups is 1. The average molecular weight is 480 g/mol. The molecule has 172 valence electrons. The summed E-state index contributed by atoms with van der Waals surface area (Å²) in [5, 5.41) is 10.9. The molecule has 0 radical (unpaired) electrons. The van der Waals surface area contributed by atoms with Gasteiger partial charge in [-0.15, -0.1) is 0 Å². The standard InChI is InChI=1S/C24H18ClN3O6/c25-18-13-16(28(31)32)7-11-22(18)34-17-8-5-15(6-9-17)14-33-23(29)12-10-21-24(30)27-20-4-2-1-3-19(20)26-21/h1-9,11,13H,10,12,14H2,(H,27,30). The summed E-state index contributed by atoms with van der Waals surface area (Å²) in [6.07, 6.45) is 0.191. The van der Waals surface area contributed by atoms with Crippen LogP contribution < -0.4 is 10.3 Å². The molecule has 1 N–H and O–H groups in total. The van der Waals surface area contributed by atoms with Gasteiger partial charge >= 0.3 is 5.97 Å². The van der Waals surface area contributed by atoms with Crippen molar-refractivity contribution in [3.63, 3.8) is 0 Å². The van der Waals surface area contributed by atoms with Crippen molar-refractivity contribution in [3.05, 3.63) is 103 Å². The van der Waals surface area contributed by atoms with Crippen molar-refractivity contribution in [2.24, 2.45) is 0 Å². The summed E-state index contributed by atoms with van der Waals surface area (Å²) in [7, 11) is 0. The van der Waals surface area contributed by atoms with E-state index >= 15 is 0 Å². The predicted octanol–water partition coefficient (Wildman–Crippen LogP) is 4.95. The first-order chi connectivity index (χ1) is 16.4. The molecule has 0 saturated carbocycles. The lowest BCUT2D eigenvalue weighted by Gasteiger charge is -2.09. The number of nitro groups is 1. The normalized spacial score (nSPS) is 10.7. The van der Waals surface area contributed by atoms with Crippen LogP contribution in [0.25, 0.3) is 11.0 Å². The van der Waals surface area contributed by atoms with Gasteiger partial charge in [0.1, 0.15) is 23.8 Å². The molecule has 0 bridgehead atoms. The van der Waals surface area contributed by atoms with Crippen LogP contribution >= 0.6 is 11.6 Å². The number of H-pyrrole nitrogens is 1. The molecular formula is C24H18ClN3O6. The van der Waals surface area contributed by atoms with E-state index < -0.39 is 10.9 Å². The summed E-state index contributed by atoms with van der Waals surface area (Å²) < 4.78 is 10.9. The molecule has 0 aliphatic carbocycles. The molecular weight excluding hydrogens is 462 g/mol. The van der Waals surface area contributed by atoms with Crippen LogP contribution in [0, 0.1) is 10.1 Å². The lowest BCUT2D eigenvalue weighted by molar-refractivity contribution is -0.384. The molecule has 0 saturated heterocycles. The zero-order valence-electron chi connectivity index (χ0n) is 17.7. The molecule has 0 unspecified atom stereocenters. The molecule has 3 aromatic carbocycles. The summed E-state index contributed by atoms with van der Waals surface area (Å²) >= 11 is 6.04. The van der Waals surface area contributed by atoms with E-state index in [1.807, 2.05) is 6.07 Å². The number of nitrogens with zero attached hydrogens (tertiary/aromatic N) is 2. The number of aryl methyl sites for hydroxylation is 1. The van der Waals surface area contributed by atoms with E-state index in [1.54, 1.807) is 42.5 Å². The lowest BCUT2D eigenvalue weighted by atomic mass is 10.2. The zero-order valence-corrected chi connectivity index (χ0v) is 18.4. The monoisotopic (exact) mass is 479 g/mol. The molecule has 0 aliphatic rings. The fourth-order valence-electron chi connectivity index (χ4n) is 3.16. The topological polar surface area (TPSA) is 124 Å². The Morgan fingerprint density at radius 2 is 1.85 bits per heavy atom. The SMILES string of the molecule is O=C(CCc1nc2ccccc2[nH]c1=O)OCc1ccc(Oc2ccc([N+](=O)[O-])cc2Cl)cc1. The van der Waals surface area contributed by atoms with E-state index in [4.69, 9.17) is 21.1 Å². The Hall–Kier alpha value is -4.24. The van der Waals surface area contributed by atoms with E-state index in [-0.39, 0.29) is 47.2 Å². The average Bonchev–Trinajstić information content (AvgIpc) is 2.83. The number of hydrogen-bond donors (Lipinski definition) is 1. The van der Waals surface area contributed by atoms with Gasteiger partial charge in [0.25, 0.3) is 11.2 Å². The lowest BCUT2D eigenvalue weighted by Crippen LogP contribution is -2.17. The summed E-state index contributed by atoms with van der Waals surface area (Å²) in [5.41, 5.74) is 1.86. The first kappa shape index (κ1) is 22.9. The smallest absolute Gasteiger partial charge is 0.306 e. The quantitative estimate of drug-likeness (QED) is 0.215. The minimum absolute atomic E-state index is 0.0221. The van der Waals surface area contributed by atoms with Crippen LogP contribution in [-0.4, -0.2) is 20.9 Å². The van der Waals surface area contributed by atoms with Crippen LogP contribution in [0.3, 0.4) is 0 Å². The van der Waals surface area contributed by atoms with Crippen LogP contribution in [0.2, 0.25) is 5.02 Å². The number of fused-ring (bicyclic) bond motifs is 1. The third-order valence-corrected chi connectivity index (χ3v) is 5.21. The van der Waals surface area contributed by atoms with E-state index in [2.05, 4.69) is 9.97 Å². The predicted molar refractivity (Wildman–Crippen MR) is 125 cm³/mol. The van der Waals surface area contributed by atoms with Crippen LogP contribution in [0.1, 0.15) is 17.7 Å². The van der Waals surface area contributed by atoms with Gasteiger partial charge in [0.05, 0.1) is 27.4 Å². The van der Waals surface area contributed by atoms with E-state index in [9.17, 15) is 19.7 Å². The van der Waals surface area contributed by atoms with Crippen molar-refractivity contribution in [1.29, 1.82) is 0 Å². The number of esters is 1. The molecule has 0 amide bonds. The Labute approximate surface area is 198 Å². The highest BCUT2D eigenvalue weighted by atomic mass is 35.5. The number of hydrogen-bond acceptors (Lipinski definition) is 7. The van der Waals surface area contributed by atoms with E-state index in [0.717, 1.165) is 5.56 Å². The third-order valence-electron chi connectivity index (χ3n) is 4.91. The van der Waals surface area contributed by atoms with Crippen LogP contribution in [-0.2, 0) is 22.6 Å². The second-order valence-electron chi connectivity index (χ2n) is 7.31. The molecule has 1 heterocycles. The highest BCUT2D eigenvalue weighted by molar-refractivity contribution is 6.32. The Morgan fingerprint density at radius 3 is 2.59 bits per heavy atom. The van der Waals surface area contributed by atoms with Gasteiger partial charge in [-0.25, -0.2) is 4.98 Å². The largest absolute Gasteiger partial charge is 0.461 e. The number of carbonyl (C=O) groups excluding carboxylic acids is 1. The maximum atomic E-state index is 12.1. The van der Waals surface area contributed by atoms with Gasteiger partial charge in [0, 0.05) is 18.6 Å². The number of rotatable bonds is 8. The minimum atomic E-state index is -0.540. The number of aromatic amines is 1. The van der Waals surface area contributed by atoms with Gasteiger partial charge in [0.15, 0.2) is 0 Å². The van der Waals surface area contributed by atoms with Crippen molar-refractivity contribution in [3.8, 4) is 11.5 Å². The second-order valence-corrected chi connectivity index (χ2v) is 7.72. The van der Waals surface area contributed by atoms with Crippen molar-refractivity contribution < 1.29 is 19.2 Å². The van der Waals surface area contributed by atoms with Crippen molar-refractivity contribution in [2.75, 3.05) is 0 Å². The Kier molecular flexibility index (Phi) is 6.84. The number of benzene rings is 3. The van der Waals surface area contributed by atoms with Gasteiger partial charge in [-0.1, -0.05) is 35.9 Å². The summed E-state index contributed by atoms with van der Waals surface area (Å²) in [6.45, 7) is 0.0545. The maximum absolute atomic E-state index is 12.1. The minimum Gasteiger partial charge on any atom is -0.461 e. The molecule has 0 atom stereocenters.